The first-order valence-electron chi connectivity index (χ1n) is 5.45. The Bertz CT molecular complexity index is 555. The van der Waals surface area contributed by atoms with Crippen LogP contribution in [-0.2, 0) is 22.1 Å². The van der Waals surface area contributed by atoms with Crippen LogP contribution in [0.3, 0.4) is 0 Å². The molecular formula is C11H9F6NO4. The van der Waals surface area contributed by atoms with Crippen molar-refractivity contribution in [3.63, 3.8) is 0 Å². The van der Waals surface area contributed by atoms with Crippen LogP contribution in [-0.4, -0.2) is 31.5 Å². The van der Waals surface area contributed by atoms with Crippen LogP contribution in [0.25, 0.3) is 0 Å². The highest BCUT2D eigenvalue weighted by Crippen LogP contribution is 2.44. The van der Waals surface area contributed by atoms with Gasteiger partial charge >= 0.3 is 18.5 Å². The zero-order valence-corrected chi connectivity index (χ0v) is 11.1. The maximum atomic E-state index is 12.8. The van der Waals surface area contributed by atoms with Gasteiger partial charge in [0.25, 0.3) is 0 Å². The van der Waals surface area contributed by atoms with Gasteiger partial charge in [0.15, 0.2) is 11.5 Å². The van der Waals surface area contributed by atoms with E-state index < -0.39 is 47.7 Å². The van der Waals surface area contributed by atoms with E-state index in [1.807, 2.05) is 0 Å². The fraction of sp³-hybridized carbons (Fsp3) is 0.455. The van der Waals surface area contributed by atoms with Gasteiger partial charge in [-0.1, -0.05) is 0 Å². The van der Waals surface area contributed by atoms with Crippen molar-refractivity contribution < 1.29 is 45.3 Å². The first-order chi connectivity index (χ1) is 9.99. The predicted octanol–water partition coefficient (Wildman–Crippen LogP) is 2.72. The summed E-state index contributed by atoms with van der Waals surface area (Å²) < 4.78 is 87.6. The molecule has 1 aromatic rings. The van der Waals surface area contributed by atoms with Crippen molar-refractivity contribution in [1.29, 1.82) is 0 Å². The van der Waals surface area contributed by atoms with Crippen LogP contribution in [0.1, 0.15) is 11.3 Å². The summed E-state index contributed by atoms with van der Waals surface area (Å²) in [4.78, 5) is 14.3. The zero-order valence-electron chi connectivity index (χ0n) is 11.1. The summed E-state index contributed by atoms with van der Waals surface area (Å²) in [6.07, 6.45) is -10.9. The summed E-state index contributed by atoms with van der Waals surface area (Å²) in [6, 6.07) is 0. The van der Waals surface area contributed by atoms with E-state index in [0.29, 0.717) is 0 Å². The normalized spacial score (nSPS) is 12.0. The van der Waals surface area contributed by atoms with Gasteiger partial charge in [0.1, 0.15) is 5.56 Å². The standard InChI is InChI=1S/C11H9F6NO4/c1-20-7(19)3-6-9(22-11(15,16)17)8(21-2)5(4-18-6)10(12,13)14/h4H,3H2,1-2H3. The number of rotatable bonds is 4. The summed E-state index contributed by atoms with van der Waals surface area (Å²) in [5, 5.41) is 0. The molecular weight excluding hydrogens is 324 g/mol. The minimum atomic E-state index is -5.30. The van der Waals surface area contributed by atoms with Crippen molar-refractivity contribution in [3.8, 4) is 11.5 Å². The van der Waals surface area contributed by atoms with Crippen molar-refractivity contribution >= 4 is 5.97 Å². The van der Waals surface area contributed by atoms with E-state index in [4.69, 9.17) is 0 Å². The zero-order chi connectivity index (χ0) is 17.1. The van der Waals surface area contributed by atoms with Gasteiger partial charge < -0.3 is 14.2 Å². The minimum Gasteiger partial charge on any atom is -0.492 e. The predicted molar refractivity (Wildman–Crippen MR) is 58.2 cm³/mol. The van der Waals surface area contributed by atoms with E-state index in [9.17, 15) is 31.1 Å². The SMILES string of the molecule is COC(=O)Cc1ncc(C(F)(F)F)c(OC)c1OC(F)(F)F. The number of alkyl halides is 6. The van der Waals surface area contributed by atoms with E-state index >= 15 is 0 Å². The third kappa shape index (κ3) is 4.40. The number of carbonyl (C=O) groups excluding carboxylic acids is 1. The number of hydrogen-bond acceptors (Lipinski definition) is 5. The maximum Gasteiger partial charge on any atom is 0.573 e. The van der Waals surface area contributed by atoms with Crippen LogP contribution in [0.2, 0.25) is 0 Å². The summed E-state index contributed by atoms with van der Waals surface area (Å²) in [6.45, 7) is 0. The summed E-state index contributed by atoms with van der Waals surface area (Å²) in [5.74, 6) is -3.57. The molecule has 1 heterocycles. The number of carbonyl (C=O) groups is 1. The number of ether oxygens (including phenoxy) is 3. The Morgan fingerprint density at radius 1 is 1.14 bits per heavy atom. The Kier molecular flexibility index (Phi) is 5.09. The molecule has 0 unspecified atom stereocenters. The van der Waals surface area contributed by atoms with E-state index in [1.54, 1.807) is 0 Å². The largest absolute Gasteiger partial charge is 0.573 e. The first kappa shape index (κ1) is 17.9. The second kappa shape index (κ2) is 6.28. The highest BCUT2D eigenvalue weighted by atomic mass is 19.4. The monoisotopic (exact) mass is 333 g/mol. The molecule has 0 saturated carbocycles. The molecule has 22 heavy (non-hydrogen) atoms. The van der Waals surface area contributed by atoms with E-state index in [0.717, 1.165) is 14.2 Å². The molecule has 0 N–H and O–H groups in total. The lowest BCUT2D eigenvalue weighted by atomic mass is 10.1. The van der Waals surface area contributed by atoms with E-state index in [2.05, 4.69) is 19.2 Å². The maximum absolute atomic E-state index is 12.8. The van der Waals surface area contributed by atoms with Gasteiger partial charge in [0.05, 0.1) is 26.3 Å². The van der Waals surface area contributed by atoms with Gasteiger partial charge in [-0.3, -0.25) is 9.78 Å². The quantitative estimate of drug-likeness (QED) is 0.626. The number of nitrogens with zero attached hydrogens (tertiary/aromatic N) is 1. The van der Waals surface area contributed by atoms with Crippen LogP contribution >= 0.6 is 0 Å². The van der Waals surface area contributed by atoms with Crippen molar-refractivity contribution in [1.82, 2.24) is 4.98 Å². The molecule has 11 heteroatoms. The van der Waals surface area contributed by atoms with Gasteiger partial charge in [0, 0.05) is 6.20 Å². The molecule has 0 aliphatic carbocycles. The number of esters is 1. The lowest BCUT2D eigenvalue weighted by molar-refractivity contribution is -0.275. The van der Waals surface area contributed by atoms with E-state index in [-0.39, 0.29) is 6.20 Å². The topological polar surface area (TPSA) is 57.7 Å². The van der Waals surface area contributed by atoms with Gasteiger partial charge in [-0.05, 0) is 0 Å². The Morgan fingerprint density at radius 3 is 2.14 bits per heavy atom. The van der Waals surface area contributed by atoms with Crippen LogP contribution in [0.15, 0.2) is 6.20 Å². The van der Waals surface area contributed by atoms with Crippen molar-refractivity contribution in [2.75, 3.05) is 14.2 Å². The molecule has 0 spiro atoms. The average Bonchev–Trinajstić information content (AvgIpc) is 2.37. The minimum absolute atomic E-state index is 0.250. The van der Waals surface area contributed by atoms with Gasteiger partial charge in [-0.15, -0.1) is 13.2 Å². The number of methoxy groups -OCH3 is 2. The third-order valence-electron chi connectivity index (χ3n) is 2.33. The molecule has 5 nitrogen and oxygen atoms in total. The Hall–Kier alpha value is -2.20. The summed E-state index contributed by atoms with van der Waals surface area (Å²) >= 11 is 0. The van der Waals surface area contributed by atoms with Crippen LogP contribution in [0.4, 0.5) is 26.3 Å². The number of hydrogen-bond donors (Lipinski definition) is 0. The molecule has 0 bridgehead atoms. The smallest absolute Gasteiger partial charge is 0.492 e. The molecule has 0 aromatic carbocycles. The van der Waals surface area contributed by atoms with Crippen LogP contribution in [0, 0.1) is 0 Å². The molecule has 0 atom stereocenters. The van der Waals surface area contributed by atoms with Gasteiger partial charge in [0.2, 0.25) is 0 Å². The highest BCUT2D eigenvalue weighted by Gasteiger charge is 2.41. The number of pyridine rings is 1. The number of aromatic nitrogens is 1. The lowest BCUT2D eigenvalue weighted by Gasteiger charge is -2.19. The number of halogens is 6. The van der Waals surface area contributed by atoms with Crippen LogP contribution in [0.5, 0.6) is 11.5 Å². The average molecular weight is 333 g/mol. The van der Waals surface area contributed by atoms with Gasteiger partial charge in [-0.2, -0.15) is 13.2 Å². The lowest BCUT2D eigenvalue weighted by Crippen LogP contribution is -2.21. The van der Waals surface area contributed by atoms with Crippen molar-refractivity contribution in [3.05, 3.63) is 17.5 Å². The fourth-order valence-electron chi connectivity index (χ4n) is 1.47. The molecule has 0 radical (unpaired) electrons. The first-order valence-corrected chi connectivity index (χ1v) is 5.45. The highest BCUT2D eigenvalue weighted by molar-refractivity contribution is 5.73. The Morgan fingerprint density at radius 2 is 1.73 bits per heavy atom. The molecule has 124 valence electrons. The summed E-state index contributed by atoms with van der Waals surface area (Å²) in [7, 11) is 1.68. The molecule has 0 amide bonds. The Balaban J connectivity index is 3.49. The van der Waals surface area contributed by atoms with Crippen LogP contribution < -0.4 is 9.47 Å². The molecule has 0 fully saturated rings. The van der Waals surface area contributed by atoms with Crippen molar-refractivity contribution in [2.45, 2.75) is 19.0 Å². The van der Waals surface area contributed by atoms with Crippen molar-refractivity contribution in [2.24, 2.45) is 0 Å². The molecule has 1 aromatic heterocycles. The molecule has 0 aliphatic heterocycles. The van der Waals surface area contributed by atoms with Gasteiger partial charge in [-0.25, -0.2) is 0 Å². The second-order valence-corrected chi connectivity index (χ2v) is 3.78. The second-order valence-electron chi connectivity index (χ2n) is 3.78. The van der Waals surface area contributed by atoms with E-state index in [1.165, 1.54) is 0 Å². The molecule has 0 saturated heterocycles. The Labute approximate surface area is 119 Å². The molecule has 0 aliphatic rings. The third-order valence-corrected chi connectivity index (χ3v) is 2.33. The summed E-state index contributed by atoms with van der Waals surface area (Å²) in [5.41, 5.74) is -2.27. The molecule has 1 rings (SSSR count). The fourth-order valence-corrected chi connectivity index (χ4v) is 1.47.